The van der Waals surface area contributed by atoms with Gasteiger partial charge in [0.1, 0.15) is 10.9 Å². The second-order valence-electron chi connectivity index (χ2n) is 6.04. The molecule has 1 aromatic carbocycles. The minimum Gasteiger partial charge on any atom is -0.637 e. The number of rotatable bonds is 1. The normalized spacial score (nSPS) is 37.0. The second-order valence-corrected chi connectivity index (χ2v) is 8.29. The van der Waals surface area contributed by atoms with E-state index in [0.717, 1.165) is 37.5 Å². The summed E-state index contributed by atoms with van der Waals surface area (Å²) < 4.78 is 8.53. The average molecular weight is 277 g/mol. The molecule has 4 heteroatoms. The van der Waals surface area contributed by atoms with Gasteiger partial charge in [0.15, 0.2) is 0 Å². The number of hydrogen-bond acceptors (Lipinski definition) is 3. The zero-order chi connectivity index (χ0) is 12.9. The van der Waals surface area contributed by atoms with Gasteiger partial charge in [0.05, 0.1) is 6.04 Å². The molecule has 2 aliphatic heterocycles. The summed E-state index contributed by atoms with van der Waals surface area (Å²) in [5.41, 5.74) is -0.109. The van der Waals surface area contributed by atoms with Crippen molar-refractivity contribution in [2.45, 2.75) is 50.2 Å². The summed E-state index contributed by atoms with van der Waals surface area (Å²) in [5.74, 6) is 0. The van der Waals surface area contributed by atoms with E-state index < -0.39 is 7.87 Å². The number of fused-ring (bicyclic) bond motifs is 2. The number of benzene rings is 1. The molecular formula is C15H20NO2P. The van der Waals surface area contributed by atoms with Crippen molar-refractivity contribution in [2.75, 3.05) is 6.54 Å². The summed E-state index contributed by atoms with van der Waals surface area (Å²) >= 11 is 0. The van der Waals surface area contributed by atoms with Gasteiger partial charge in [-0.1, -0.05) is 31.0 Å². The van der Waals surface area contributed by atoms with E-state index in [0.29, 0.717) is 6.04 Å². The fourth-order valence-electron chi connectivity index (χ4n) is 4.18. The van der Waals surface area contributed by atoms with Gasteiger partial charge in [-0.15, -0.1) is 4.67 Å². The fourth-order valence-corrected chi connectivity index (χ4v) is 7.13. The predicted molar refractivity (Wildman–Crippen MR) is 75.0 cm³/mol. The van der Waals surface area contributed by atoms with Gasteiger partial charge in [-0.25, -0.2) is 4.52 Å². The Bertz CT molecular complexity index is 474. The number of nitrogens with zero attached hydrogens (tertiary/aromatic N) is 1. The van der Waals surface area contributed by atoms with Gasteiger partial charge in [0.2, 0.25) is 7.87 Å². The summed E-state index contributed by atoms with van der Waals surface area (Å²) in [4.78, 5) is 13.5. The molecule has 0 N–H and O–H groups in total. The van der Waals surface area contributed by atoms with Crippen LogP contribution in [0.3, 0.4) is 0 Å². The smallest absolute Gasteiger partial charge is 0.209 e. The quantitative estimate of drug-likeness (QED) is 0.739. The lowest BCUT2D eigenvalue weighted by atomic mass is 9.91. The molecule has 0 radical (unpaired) electrons. The summed E-state index contributed by atoms with van der Waals surface area (Å²) in [6.45, 7) is 0.929. The van der Waals surface area contributed by atoms with Gasteiger partial charge in [0.25, 0.3) is 0 Å². The molecule has 2 saturated heterocycles. The van der Waals surface area contributed by atoms with Crippen LogP contribution < -0.4 is 10.2 Å². The lowest BCUT2D eigenvalue weighted by Gasteiger charge is -2.31. The molecule has 102 valence electrons. The van der Waals surface area contributed by atoms with E-state index in [9.17, 15) is 4.89 Å². The van der Waals surface area contributed by atoms with E-state index in [-0.39, 0.29) is 5.60 Å². The topological polar surface area (TPSA) is 35.5 Å². The van der Waals surface area contributed by atoms with E-state index in [1.165, 1.54) is 12.8 Å². The van der Waals surface area contributed by atoms with Gasteiger partial charge in [0, 0.05) is 6.54 Å². The monoisotopic (exact) mass is 277 g/mol. The first kappa shape index (κ1) is 12.3. The minimum absolute atomic E-state index is 0.109. The SMILES string of the molecule is [O-][P+]1(c2ccccc2)OC2(CCCC2)[C@@H]2CCCN21. The lowest BCUT2D eigenvalue weighted by molar-refractivity contribution is -0.199. The molecule has 3 aliphatic rings. The number of hydrogen-bond donors (Lipinski definition) is 0. The highest BCUT2D eigenvalue weighted by atomic mass is 31.2. The molecule has 1 unspecified atom stereocenters. The molecule has 3 nitrogen and oxygen atoms in total. The van der Waals surface area contributed by atoms with E-state index >= 15 is 0 Å². The largest absolute Gasteiger partial charge is 0.637 e. The van der Waals surface area contributed by atoms with Crippen LogP contribution in [-0.4, -0.2) is 22.9 Å². The van der Waals surface area contributed by atoms with Crippen molar-refractivity contribution in [1.82, 2.24) is 4.67 Å². The molecule has 2 atom stereocenters. The first-order valence-corrected chi connectivity index (χ1v) is 8.96. The molecular weight excluding hydrogens is 257 g/mol. The molecule has 0 bridgehead atoms. The summed E-state index contributed by atoms with van der Waals surface area (Å²) in [7, 11) is -2.81. The maximum Gasteiger partial charge on any atom is 0.209 e. The van der Waals surface area contributed by atoms with Crippen LogP contribution >= 0.6 is 7.87 Å². The molecule has 0 amide bonds. The molecule has 2 heterocycles. The Balaban J connectivity index is 1.77. The minimum atomic E-state index is -2.81. The van der Waals surface area contributed by atoms with Gasteiger partial charge in [-0.05, 0) is 37.8 Å². The Morgan fingerprint density at radius 1 is 1.16 bits per heavy atom. The van der Waals surface area contributed by atoms with Crippen LogP contribution in [0.2, 0.25) is 0 Å². The zero-order valence-corrected chi connectivity index (χ0v) is 12.0. The lowest BCUT2D eigenvalue weighted by Crippen LogP contribution is -2.40. The van der Waals surface area contributed by atoms with Crippen LogP contribution in [-0.2, 0) is 4.52 Å². The van der Waals surface area contributed by atoms with Gasteiger partial charge in [-0.2, -0.15) is 0 Å². The zero-order valence-electron chi connectivity index (χ0n) is 11.1. The molecule has 0 aromatic heterocycles. The van der Waals surface area contributed by atoms with Crippen molar-refractivity contribution >= 4 is 13.2 Å². The van der Waals surface area contributed by atoms with E-state index in [4.69, 9.17) is 4.52 Å². The van der Waals surface area contributed by atoms with Crippen molar-refractivity contribution in [2.24, 2.45) is 0 Å². The predicted octanol–water partition coefficient (Wildman–Crippen LogP) is 2.24. The third kappa shape index (κ3) is 1.66. The van der Waals surface area contributed by atoms with Gasteiger partial charge >= 0.3 is 0 Å². The molecule has 1 aliphatic carbocycles. The van der Waals surface area contributed by atoms with Gasteiger partial charge in [-0.3, -0.25) is 0 Å². The highest BCUT2D eigenvalue weighted by Crippen LogP contribution is 2.69. The third-order valence-electron chi connectivity index (χ3n) is 5.01. The molecule has 3 fully saturated rings. The highest BCUT2D eigenvalue weighted by Gasteiger charge is 2.65. The van der Waals surface area contributed by atoms with Crippen LogP contribution in [0.4, 0.5) is 0 Å². The third-order valence-corrected chi connectivity index (χ3v) is 7.72. The van der Waals surface area contributed by atoms with Crippen molar-refractivity contribution in [3.8, 4) is 0 Å². The van der Waals surface area contributed by atoms with Crippen LogP contribution in [0.25, 0.3) is 0 Å². The average Bonchev–Trinajstić information content (AvgIpc) is 3.12. The molecule has 4 rings (SSSR count). The van der Waals surface area contributed by atoms with Crippen LogP contribution in [0.15, 0.2) is 30.3 Å². The maximum absolute atomic E-state index is 13.5. The standard InChI is InChI=1S/C15H20NO2P/c17-19(13-7-2-1-3-8-13)16-12-6-9-14(16)15(18-19)10-4-5-11-15/h1-3,7-8,14H,4-6,9-12H2/t14-,19?/m0/s1. The van der Waals surface area contributed by atoms with Gasteiger partial charge < -0.3 is 4.89 Å². The Kier molecular flexibility index (Phi) is 2.75. The first-order valence-electron chi connectivity index (χ1n) is 7.38. The van der Waals surface area contributed by atoms with E-state index in [2.05, 4.69) is 4.67 Å². The Hall–Kier alpha value is -0.470. The van der Waals surface area contributed by atoms with Crippen molar-refractivity contribution in [1.29, 1.82) is 0 Å². The summed E-state index contributed by atoms with van der Waals surface area (Å²) in [6.07, 6.45) is 6.93. The first-order chi connectivity index (χ1) is 9.25. The van der Waals surface area contributed by atoms with Crippen molar-refractivity contribution < 1.29 is 9.42 Å². The van der Waals surface area contributed by atoms with Crippen molar-refractivity contribution in [3.63, 3.8) is 0 Å². The van der Waals surface area contributed by atoms with Crippen LogP contribution in [0, 0.1) is 0 Å². The summed E-state index contributed by atoms with van der Waals surface area (Å²) in [6, 6.07) is 10.2. The second kappa shape index (κ2) is 4.26. The molecule has 1 spiro atoms. The van der Waals surface area contributed by atoms with Crippen LogP contribution in [0.1, 0.15) is 38.5 Å². The highest BCUT2D eigenvalue weighted by molar-refractivity contribution is 7.70. The molecule has 1 aromatic rings. The maximum atomic E-state index is 13.5. The Morgan fingerprint density at radius 3 is 2.63 bits per heavy atom. The van der Waals surface area contributed by atoms with Crippen LogP contribution in [0.5, 0.6) is 0 Å². The van der Waals surface area contributed by atoms with Crippen molar-refractivity contribution in [3.05, 3.63) is 30.3 Å². The fraction of sp³-hybridized carbons (Fsp3) is 0.600. The molecule has 19 heavy (non-hydrogen) atoms. The molecule has 1 saturated carbocycles. The van der Waals surface area contributed by atoms with E-state index in [1.807, 2.05) is 30.3 Å². The Morgan fingerprint density at radius 2 is 1.89 bits per heavy atom. The Labute approximate surface area is 115 Å². The van der Waals surface area contributed by atoms with E-state index in [1.54, 1.807) is 0 Å². The summed E-state index contributed by atoms with van der Waals surface area (Å²) in [5, 5.41) is 0.880.